The molecule has 1 aliphatic rings. The topological polar surface area (TPSA) is 27.7 Å². The van der Waals surface area contributed by atoms with Crippen molar-refractivity contribution in [3.63, 3.8) is 0 Å². The molecule has 0 radical (unpaired) electrons. The zero-order chi connectivity index (χ0) is 14.4. The van der Waals surface area contributed by atoms with Crippen LogP contribution in [0.3, 0.4) is 0 Å². The molecule has 0 bridgehead atoms. The minimum absolute atomic E-state index is 0.0896. The molecule has 1 aromatic rings. The van der Waals surface area contributed by atoms with Crippen LogP contribution in [0.5, 0.6) is 11.5 Å². The van der Waals surface area contributed by atoms with E-state index in [1.54, 1.807) is 7.11 Å². The maximum atomic E-state index is 6.11. The molecule has 1 atom stereocenters. The third-order valence-corrected chi connectivity index (χ3v) is 3.82. The van der Waals surface area contributed by atoms with Crippen LogP contribution >= 0.6 is 0 Å². The highest BCUT2D eigenvalue weighted by Gasteiger charge is 2.19. The number of hydrogen-bond donors (Lipinski definition) is 0. The highest BCUT2D eigenvalue weighted by Crippen LogP contribution is 2.34. The normalized spacial score (nSPS) is 17.1. The van der Waals surface area contributed by atoms with E-state index in [0.29, 0.717) is 6.10 Å². The van der Waals surface area contributed by atoms with Gasteiger partial charge in [-0.15, -0.1) is 0 Å². The van der Waals surface area contributed by atoms with Gasteiger partial charge in [-0.3, -0.25) is 0 Å². The van der Waals surface area contributed by atoms with Crippen molar-refractivity contribution in [1.82, 2.24) is 0 Å². The van der Waals surface area contributed by atoms with Crippen LogP contribution in [0.1, 0.15) is 57.6 Å². The predicted molar refractivity (Wildman–Crippen MR) is 80.5 cm³/mol. The van der Waals surface area contributed by atoms with Gasteiger partial charge in [0.15, 0.2) is 11.5 Å². The number of ether oxygens (including phenoxy) is 3. The Morgan fingerprint density at radius 3 is 2.60 bits per heavy atom. The van der Waals surface area contributed by atoms with E-state index in [9.17, 15) is 0 Å². The van der Waals surface area contributed by atoms with E-state index in [-0.39, 0.29) is 6.10 Å². The smallest absolute Gasteiger partial charge is 0.161 e. The number of hydrogen-bond acceptors (Lipinski definition) is 3. The van der Waals surface area contributed by atoms with Crippen LogP contribution in [0.15, 0.2) is 18.2 Å². The highest BCUT2D eigenvalue weighted by atomic mass is 16.5. The first-order valence-corrected chi connectivity index (χ1v) is 7.70. The molecule has 0 heterocycles. The fraction of sp³-hybridized carbons (Fsp3) is 0.647. The van der Waals surface area contributed by atoms with Gasteiger partial charge in [0.25, 0.3) is 0 Å². The summed E-state index contributed by atoms with van der Waals surface area (Å²) in [6.45, 7) is 4.98. The molecule has 0 aromatic heterocycles. The molecule has 0 aliphatic heterocycles. The van der Waals surface area contributed by atoms with Crippen LogP contribution < -0.4 is 9.47 Å². The van der Waals surface area contributed by atoms with Crippen LogP contribution in [0.2, 0.25) is 0 Å². The second-order valence-corrected chi connectivity index (χ2v) is 5.45. The molecule has 1 aromatic carbocycles. The molecule has 1 aliphatic carbocycles. The molecule has 0 amide bonds. The van der Waals surface area contributed by atoms with Crippen molar-refractivity contribution in [2.45, 2.75) is 58.2 Å². The Hall–Kier alpha value is -1.22. The van der Waals surface area contributed by atoms with Gasteiger partial charge in [0, 0.05) is 6.61 Å². The first kappa shape index (κ1) is 15.2. The average Bonchev–Trinajstić information content (AvgIpc) is 2.97. The summed E-state index contributed by atoms with van der Waals surface area (Å²) >= 11 is 0. The van der Waals surface area contributed by atoms with Gasteiger partial charge in [-0.25, -0.2) is 0 Å². The molecule has 1 saturated carbocycles. The van der Waals surface area contributed by atoms with Gasteiger partial charge in [-0.05, 0) is 56.7 Å². The Morgan fingerprint density at radius 1 is 1.20 bits per heavy atom. The van der Waals surface area contributed by atoms with Gasteiger partial charge in [-0.1, -0.05) is 13.0 Å². The lowest BCUT2D eigenvalue weighted by atomic mass is 10.1. The molecule has 3 nitrogen and oxygen atoms in total. The fourth-order valence-corrected chi connectivity index (χ4v) is 2.61. The van der Waals surface area contributed by atoms with Crippen molar-refractivity contribution in [2.75, 3.05) is 13.7 Å². The molecule has 0 saturated heterocycles. The lowest BCUT2D eigenvalue weighted by molar-refractivity contribution is 0.0659. The standard InChI is InChI=1S/C17H26O3/c1-4-11-19-13(2)14-9-10-16(18-3)17(12-14)20-15-7-5-6-8-15/h9-10,12-13,15H,4-8,11H2,1-3H3. The van der Waals surface area contributed by atoms with Crippen molar-refractivity contribution >= 4 is 0 Å². The van der Waals surface area contributed by atoms with Gasteiger partial charge in [-0.2, -0.15) is 0 Å². The van der Waals surface area contributed by atoms with Gasteiger partial charge in [0.05, 0.1) is 19.3 Å². The van der Waals surface area contributed by atoms with Crippen molar-refractivity contribution in [1.29, 1.82) is 0 Å². The van der Waals surface area contributed by atoms with Crippen LogP contribution in [-0.2, 0) is 4.74 Å². The maximum absolute atomic E-state index is 6.11. The third kappa shape index (κ3) is 3.89. The Morgan fingerprint density at radius 2 is 1.95 bits per heavy atom. The second kappa shape index (κ2) is 7.53. The Kier molecular flexibility index (Phi) is 5.72. The lowest BCUT2D eigenvalue weighted by Crippen LogP contribution is -2.12. The zero-order valence-electron chi connectivity index (χ0n) is 12.9. The van der Waals surface area contributed by atoms with Gasteiger partial charge in [0.2, 0.25) is 0 Å². The van der Waals surface area contributed by atoms with Crippen LogP contribution in [0.4, 0.5) is 0 Å². The quantitative estimate of drug-likeness (QED) is 0.734. The number of rotatable bonds is 7. The summed E-state index contributed by atoms with van der Waals surface area (Å²) in [6, 6.07) is 6.10. The Labute approximate surface area is 122 Å². The summed E-state index contributed by atoms with van der Waals surface area (Å²) in [5.74, 6) is 1.66. The highest BCUT2D eigenvalue weighted by molar-refractivity contribution is 5.43. The van der Waals surface area contributed by atoms with Gasteiger partial charge in [0.1, 0.15) is 0 Å². The summed E-state index contributed by atoms with van der Waals surface area (Å²) in [5.41, 5.74) is 1.15. The second-order valence-electron chi connectivity index (χ2n) is 5.45. The molecule has 20 heavy (non-hydrogen) atoms. The summed E-state index contributed by atoms with van der Waals surface area (Å²) in [4.78, 5) is 0. The van der Waals surface area contributed by atoms with E-state index >= 15 is 0 Å². The molecule has 2 rings (SSSR count). The first-order valence-electron chi connectivity index (χ1n) is 7.70. The van der Waals surface area contributed by atoms with E-state index in [1.807, 2.05) is 6.07 Å². The maximum Gasteiger partial charge on any atom is 0.161 e. The number of methoxy groups -OCH3 is 1. The Balaban J connectivity index is 2.10. The van der Waals surface area contributed by atoms with Gasteiger partial charge < -0.3 is 14.2 Å². The largest absolute Gasteiger partial charge is 0.493 e. The van der Waals surface area contributed by atoms with Crippen molar-refractivity contribution in [3.05, 3.63) is 23.8 Å². The monoisotopic (exact) mass is 278 g/mol. The van der Waals surface area contributed by atoms with E-state index in [2.05, 4.69) is 26.0 Å². The van der Waals surface area contributed by atoms with E-state index in [0.717, 1.165) is 42.9 Å². The van der Waals surface area contributed by atoms with Crippen molar-refractivity contribution < 1.29 is 14.2 Å². The summed E-state index contributed by atoms with van der Waals surface area (Å²) in [6.07, 6.45) is 6.29. The predicted octanol–water partition coefficient (Wildman–Crippen LogP) is 4.50. The minimum Gasteiger partial charge on any atom is -0.493 e. The SMILES string of the molecule is CCCOC(C)c1ccc(OC)c(OC2CCCC2)c1. The molecular weight excluding hydrogens is 252 g/mol. The van der Waals surface area contributed by atoms with Crippen molar-refractivity contribution in [2.24, 2.45) is 0 Å². The summed E-state index contributed by atoms with van der Waals surface area (Å²) in [5, 5.41) is 0. The molecule has 3 heteroatoms. The van der Waals surface area contributed by atoms with E-state index in [4.69, 9.17) is 14.2 Å². The summed E-state index contributed by atoms with van der Waals surface area (Å²) < 4.78 is 17.3. The van der Waals surface area contributed by atoms with Crippen molar-refractivity contribution in [3.8, 4) is 11.5 Å². The zero-order valence-corrected chi connectivity index (χ0v) is 12.9. The first-order chi connectivity index (χ1) is 9.74. The Bertz CT molecular complexity index is 411. The number of benzene rings is 1. The van der Waals surface area contributed by atoms with Gasteiger partial charge >= 0.3 is 0 Å². The molecule has 112 valence electrons. The van der Waals surface area contributed by atoms with E-state index in [1.165, 1.54) is 12.8 Å². The van der Waals surface area contributed by atoms with Crippen LogP contribution in [-0.4, -0.2) is 19.8 Å². The lowest BCUT2D eigenvalue weighted by Gasteiger charge is -2.19. The van der Waals surface area contributed by atoms with Crippen LogP contribution in [0, 0.1) is 0 Å². The third-order valence-electron chi connectivity index (χ3n) is 3.82. The fourth-order valence-electron chi connectivity index (χ4n) is 2.61. The average molecular weight is 278 g/mol. The van der Waals surface area contributed by atoms with E-state index < -0.39 is 0 Å². The minimum atomic E-state index is 0.0896. The molecule has 1 fully saturated rings. The molecule has 1 unspecified atom stereocenters. The molecule has 0 N–H and O–H groups in total. The molecule has 0 spiro atoms. The summed E-state index contributed by atoms with van der Waals surface area (Å²) in [7, 11) is 1.69. The molecular formula is C17H26O3. The van der Waals surface area contributed by atoms with Crippen LogP contribution in [0.25, 0.3) is 0 Å².